The molecule has 0 saturated heterocycles. The number of hydrogen-bond donors (Lipinski definition) is 1. The van der Waals surface area contributed by atoms with Gasteiger partial charge in [-0.2, -0.15) is 10.4 Å². The van der Waals surface area contributed by atoms with E-state index < -0.39 is 11.0 Å². The maximum absolute atomic E-state index is 10.6. The zero-order chi connectivity index (χ0) is 16.8. The van der Waals surface area contributed by atoms with E-state index in [-0.39, 0.29) is 12.2 Å². The number of nitro groups is 1. The summed E-state index contributed by atoms with van der Waals surface area (Å²) in [5, 5.41) is 33.3. The lowest BCUT2D eigenvalue weighted by molar-refractivity contribution is -0.385. The van der Waals surface area contributed by atoms with Crippen LogP contribution in [0.25, 0.3) is 0 Å². The largest absolute Gasteiger partial charge is 0.390 e. The fraction of sp³-hybridized carbons (Fsp3) is 0.333. The average Bonchev–Trinajstić information content (AvgIpc) is 2.96. The fourth-order valence-electron chi connectivity index (χ4n) is 2.24. The van der Waals surface area contributed by atoms with E-state index in [0.29, 0.717) is 18.7 Å². The van der Waals surface area contributed by atoms with E-state index in [9.17, 15) is 15.2 Å². The summed E-state index contributed by atoms with van der Waals surface area (Å²) in [7, 11) is 1.87. The van der Waals surface area contributed by atoms with Crippen molar-refractivity contribution < 1.29 is 10.0 Å². The van der Waals surface area contributed by atoms with Crippen molar-refractivity contribution in [2.75, 3.05) is 13.6 Å². The Labute approximate surface area is 133 Å². The zero-order valence-electron chi connectivity index (χ0n) is 12.7. The first kappa shape index (κ1) is 16.6. The second kappa shape index (κ2) is 7.49. The highest BCUT2D eigenvalue weighted by atomic mass is 16.6. The predicted molar refractivity (Wildman–Crippen MR) is 82.4 cm³/mol. The summed E-state index contributed by atoms with van der Waals surface area (Å²) in [5.74, 6) is 0. The van der Waals surface area contributed by atoms with Gasteiger partial charge in [-0.25, -0.2) is 0 Å². The van der Waals surface area contributed by atoms with Crippen LogP contribution in [0.1, 0.15) is 11.1 Å². The Kier molecular flexibility index (Phi) is 5.41. The Bertz CT molecular complexity index is 705. The molecule has 120 valence electrons. The number of aliphatic hydroxyl groups excluding tert-OH is 1. The molecule has 0 radical (unpaired) electrons. The topological polar surface area (TPSA) is 108 Å². The van der Waals surface area contributed by atoms with Crippen molar-refractivity contribution in [1.82, 2.24) is 14.7 Å². The molecule has 1 aromatic heterocycles. The Hall–Kier alpha value is -2.76. The molecule has 0 saturated carbocycles. The van der Waals surface area contributed by atoms with Gasteiger partial charge in [0.25, 0.3) is 0 Å². The first-order chi connectivity index (χ1) is 11.0. The third kappa shape index (κ3) is 4.88. The van der Waals surface area contributed by atoms with E-state index in [4.69, 9.17) is 5.26 Å². The lowest BCUT2D eigenvalue weighted by atomic mass is 10.1. The molecular weight excluding hydrogens is 298 g/mol. The van der Waals surface area contributed by atoms with Crippen molar-refractivity contribution in [1.29, 1.82) is 5.26 Å². The normalized spacial score (nSPS) is 12.1. The zero-order valence-corrected chi connectivity index (χ0v) is 12.7. The van der Waals surface area contributed by atoms with Crippen LogP contribution in [0.5, 0.6) is 0 Å². The van der Waals surface area contributed by atoms with Gasteiger partial charge in [-0.3, -0.25) is 19.7 Å². The summed E-state index contributed by atoms with van der Waals surface area (Å²) >= 11 is 0. The highest BCUT2D eigenvalue weighted by molar-refractivity contribution is 5.31. The number of hydrogen-bond acceptors (Lipinski definition) is 6. The average molecular weight is 315 g/mol. The van der Waals surface area contributed by atoms with Gasteiger partial charge >= 0.3 is 5.69 Å². The van der Waals surface area contributed by atoms with Crippen LogP contribution in [0.4, 0.5) is 5.69 Å². The second-order valence-electron chi connectivity index (χ2n) is 5.34. The molecule has 8 heteroatoms. The summed E-state index contributed by atoms with van der Waals surface area (Å²) in [6.45, 7) is 1.21. The fourth-order valence-corrected chi connectivity index (χ4v) is 2.24. The summed E-state index contributed by atoms with van der Waals surface area (Å²) in [6, 6.07) is 9.32. The van der Waals surface area contributed by atoms with Crippen molar-refractivity contribution in [3.8, 4) is 6.07 Å². The lowest BCUT2D eigenvalue weighted by Crippen LogP contribution is -2.31. The van der Waals surface area contributed by atoms with Crippen LogP contribution >= 0.6 is 0 Å². The van der Waals surface area contributed by atoms with Gasteiger partial charge in [0.05, 0.1) is 29.2 Å². The van der Waals surface area contributed by atoms with Crippen LogP contribution < -0.4 is 0 Å². The van der Waals surface area contributed by atoms with Gasteiger partial charge in [-0.05, 0) is 24.7 Å². The molecule has 1 atom stereocenters. The minimum Gasteiger partial charge on any atom is -0.390 e. The van der Waals surface area contributed by atoms with Crippen LogP contribution in [0.2, 0.25) is 0 Å². The molecule has 1 heterocycles. The summed E-state index contributed by atoms with van der Waals surface area (Å²) in [4.78, 5) is 12.0. The molecule has 1 aromatic carbocycles. The van der Waals surface area contributed by atoms with Crippen LogP contribution in [-0.2, 0) is 13.1 Å². The van der Waals surface area contributed by atoms with E-state index in [0.717, 1.165) is 11.8 Å². The molecule has 2 aromatic rings. The first-order valence-electron chi connectivity index (χ1n) is 7.00. The number of nitriles is 1. The number of benzene rings is 1. The Morgan fingerprint density at radius 3 is 2.74 bits per heavy atom. The van der Waals surface area contributed by atoms with Crippen LogP contribution in [0, 0.1) is 21.4 Å². The number of rotatable bonds is 7. The highest BCUT2D eigenvalue weighted by Crippen LogP contribution is 2.09. The minimum atomic E-state index is -0.696. The molecule has 0 aliphatic carbocycles. The molecule has 23 heavy (non-hydrogen) atoms. The molecule has 2 rings (SSSR count). The second-order valence-corrected chi connectivity index (χ2v) is 5.34. The summed E-state index contributed by atoms with van der Waals surface area (Å²) < 4.78 is 1.36. The number of likely N-dealkylation sites (N-methyl/N-ethyl adjacent to an activating group) is 1. The molecule has 0 spiro atoms. The lowest BCUT2D eigenvalue weighted by Gasteiger charge is -2.20. The van der Waals surface area contributed by atoms with Crippen LogP contribution in [0.15, 0.2) is 36.7 Å². The monoisotopic (exact) mass is 315 g/mol. The van der Waals surface area contributed by atoms with Gasteiger partial charge < -0.3 is 5.11 Å². The van der Waals surface area contributed by atoms with Crippen molar-refractivity contribution >= 4 is 5.69 Å². The summed E-state index contributed by atoms with van der Waals surface area (Å²) in [5.41, 5.74) is 1.55. The van der Waals surface area contributed by atoms with Gasteiger partial charge in [0.1, 0.15) is 12.4 Å². The molecular formula is C15H17N5O3. The van der Waals surface area contributed by atoms with Crippen molar-refractivity contribution in [3.63, 3.8) is 0 Å². The maximum Gasteiger partial charge on any atom is 0.306 e. The molecule has 8 nitrogen and oxygen atoms in total. The minimum absolute atomic E-state index is 0.0943. The van der Waals surface area contributed by atoms with E-state index >= 15 is 0 Å². The third-order valence-corrected chi connectivity index (χ3v) is 3.29. The van der Waals surface area contributed by atoms with Crippen molar-refractivity contribution in [2.45, 2.75) is 19.2 Å². The maximum atomic E-state index is 10.6. The standard InChI is InChI=1S/C15H17N5O3/c1-18(8-13-4-2-12(6-16)3-5-13)10-15(21)11-19-9-14(7-17-19)20(22)23/h2-5,7,9,15,21H,8,10-11H2,1H3. The highest BCUT2D eigenvalue weighted by Gasteiger charge is 2.13. The molecule has 0 amide bonds. The van der Waals surface area contributed by atoms with Crippen molar-refractivity contribution in [2.24, 2.45) is 0 Å². The SMILES string of the molecule is CN(Cc1ccc(C#N)cc1)CC(O)Cn1cc([N+](=O)[O-])cn1. The Balaban J connectivity index is 1.84. The van der Waals surface area contributed by atoms with Gasteiger partial charge in [0.2, 0.25) is 0 Å². The van der Waals surface area contributed by atoms with Gasteiger partial charge in [0, 0.05) is 13.1 Å². The Morgan fingerprint density at radius 1 is 1.48 bits per heavy atom. The number of aromatic nitrogens is 2. The molecule has 1 unspecified atom stereocenters. The smallest absolute Gasteiger partial charge is 0.306 e. The Morgan fingerprint density at radius 2 is 2.17 bits per heavy atom. The van der Waals surface area contributed by atoms with Crippen molar-refractivity contribution in [3.05, 3.63) is 57.9 Å². The quantitative estimate of drug-likeness (QED) is 0.606. The van der Waals surface area contributed by atoms with Crippen LogP contribution in [0.3, 0.4) is 0 Å². The van der Waals surface area contributed by atoms with Gasteiger partial charge in [-0.15, -0.1) is 0 Å². The van der Waals surface area contributed by atoms with Gasteiger partial charge in [0.15, 0.2) is 0 Å². The molecule has 0 bridgehead atoms. The number of nitrogens with zero attached hydrogens (tertiary/aromatic N) is 5. The molecule has 0 aliphatic heterocycles. The van der Waals surface area contributed by atoms with Crippen LogP contribution in [-0.4, -0.2) is 44.4 Å². The van der Waals surface area contributed by atoms with E-state index in [2.05, 4.69) is 11.2 Å². The number of aliphatic hydroxyl groups is 1. The third-order valence-electron chi connectivity index (χ3n) is 3.29. The first-order valence-corrected chi connectivity index (χ1v) is 7.00. The van der Waals surface area contributed by atoms with E-state index in [1.54, 1.807) is 12.1 Å². The molecule has 1 N–H and O–H groups in total. The van der Waals surface area contributed by atoms with E-state index in [1.807, 2.05) is 24.1 Å². The predicted octanol–water partition coefficient (Wildman–Crippen LogP) is 1.16. The molecule has 0 fully saturated rings. The van der Waals surface area contributed by atoms with Gasteiger partial charge in [-0.1, -0.05) is 12.1 Å². The van der Waals surface area contributed by atoms with E-state index in [1.165, 1.54) is 10.9 Å². The molecule has 0 aliphatic rings. The summed E-state index contributed by atoms with van der Waals surface area (Å²) in [6.07, 6.45) is 1.76.